The van der Waals surface area contributed by atoms with Crippen molar-refractivity contribution in [3.05, 3.63) is 89.9 Å². The van der Waals surface area contributed by atoms with Gasteiger partial charge in [-0.3, -0.25) is 19.4 Å². The molecule has 0 saturated heterocycles. The molecule has 0 bridgehead atoms. The molecule has 2 aliphatic heterocycles. The van der Waals surface area contributed by atoms with E-state index in [0.717, 1.165) is 17.3 Å². The molecule has 36 heavy (non-hydrogen) atoms. The van der Waals surface area contributed by atoms with E-state index in [-0.39, 0.29) is 36.4 Å². The first-order valence-electron chi connectivity index (χ1n) is 11.4. The fourth-order valence-electron chi connectivity index (χ4n) is 3.86. The average molecular weight is 502 g/mol. The van der Waals surface area contributed by atoms with Crippen LogP contribution in [0, 0.1) is 0 Å². The van der Waals surface area contributed by atoms with Gasteiger partial charge in [0, 0.05) is 12.1 Å². The highest BCUT2D eigenvalue weighted by molar-refractivity contribution is 8.14. The molecule has 182 valence electrons. The number of rotatable bonds is 8. The molecule has 3 amide bonds. The zero-order chi connectivity index (χ0) is 24.9. The summed E-state index contributed by atoms with van der Waals surface area (Å²) < 4.78 is 5.23. The van der Waals surface area contributed by atoms with E-state index in [4.69, 9.17) is 4.42 Å². The van der Waals surface area contributed by atoms with E-state index in [0.29, 0.717) is 34.6 Å². The maximum atomic E-state index is 13.3. The van der Waals surface area contributed by atoms with Gasteiger partial charge in [-0.15, -0.1) is 0 Å². The van der Waals surface area contributed by atoms with Gasteiger partial charge in [-0.1, -0.05) is 54.2 Å². The van der Waals surface area contributed by atoms with E-state index in [2.05, 4.69) is 20.6 Å². The zero-order valence-corrected chi connectivity index (χ0v) is 20.0. The first kappa shape index (κ1) is 23.6. The number of nitrogens with one attached hydrogen (secondary N) is 2. The molecule has 0 aliphatic carbocycles. The molecule has 1 atom stereocenters. The molecule has 1 unspecified atom stereocenters. The number of hydrogen-bond acceptors (Lipinski definition) is 7. The Kier molecular flexibility index (Phi) is 6.94. The fraction of sp³-hybridized carbons (Fsp3) is 0.192. The van der Waals surface area contributed by atoms with Crippen LogP contribution in [0.15, 0.2) is 87.4 Å². The summed E-state index contributed by atoms with van der Waals surface area (Å²) in [5, 5.41) is 5.99. The second-order valence-electron chi connectivity index (χ2n) is 8.16. The third kappa shape index (κ3) is 5.23. The molecule has 0 saturated carbocycles. The second-order valence-corrected chi connectivity index (χ2v) is 9.11. The lowest BCUT2D eigenvalue weighted by Crippen LogP contribution is -2.42. The molecular formula is C26H23N5O4S. The van der Waals surface area contributed by atoms with Crippen LogP contribution < -0.4 is 10.6 Å². The summed E-state index contributed by atoms with van der Waals surface area (Å²) in [6.45, 7) is 0.649. The third-order valence-electron chi connectivity index (χ3n) is 5.63. The van der Waals surface area contributed by atoms with Crippen molar-refractivity contribution in [3.63, 3.8) is 0 Å². The molecule has 10 heteroatoms. The highest BCUT2D eigenvalue weighted by atomic mass is 32.2. The van der Waals surface area contributed by atoms with Gasteiger partial charge in [0.05, 0.1) is 30.7 Å². The molecule has 0 spiro atoms. The van der Waals surface area contributed by atoms with Crippen LogP contribution in [0.4, 0.5) is 5.69 Å². The number of benzene rings is 2. The molecule has 0 radical (unpaired) electrons. The Hall–Kier alpha value is -4.18. The van der Waals surface area contributed by atoms with E-state index in [1.807, 2.05) is 54.6 Å². The maximum Gasteiger partial charge on any atom is 0.259 e. The van der Waals surface area contributed by atoms with Gasteiger partial charge in [-0.25, -0.2) is 9.89 Å². The molecule has 3 aromatic rings. The minimum absolute atomic E-state index is 0.0565. The lowest BCUT2D eigenvalue weighted by molar-refractivity contribution is -0.128. The Bertz CT molecular complexity index is 1340. The van der Waals surface area contributed by atoms with Gasteiger partial charge in [-0.2, -0.15) is 0 Å². The number of amides is 3. The highest BCUT2D eigenvalue weighted by Gasteiger charge is 2.42. The number of furan rings is 1. The quantitative estimate of drug-likeness (QED) is 0.492. The van der Waals surface area contributed by atoms with Crippen molar-refractivity contribution in [1.29, 1.82) is 0 Å². The second kappa shape index (κ2) is 10.6. The van der Waals surface area contributed by atoms with Crippen LogP contribution in [0.1, 0.15) is 23.3 Å². The van der Waals surface area contributed by atoms with E-state index in [9.17, 15) is 14.4 Å². The Balaban J connectivity index is 1.26. The van der Waals surface area contributed by atoms with Gasteiger partial charge in [0.25, 0.3) is 5.91 Å². The van der Waals surface area contributed by atoms with Crippen LogP contribution >= 0.6 is 11.8 Å². The standard InChI is InChI=1S/C26H23N5O4S/c32-22(27-14-17-7-2-1-3-8-17)13-21-25(34)31-24(29-21)19-10-4-5-11-20(19)30-26(31)36-16-23(33)28-15-18-9-6-12-35-18/h1-12,21H,13-16H2,(H,27,32)(H,28,33). The molecule has 2 N–H and O–H groups in total. The Morgan fingerprint density at radius 1 is 0.944 bits per heavy atom. The van der Waals surface area contributed by atoms with Gasteiger partial charge >= 0.3 is 0 Å². The summed E-state index contributed by atoms with van der Waals surface area (Å²) in [5.41, 5.74) is 2.34. The number of carbonyl (C=O) groups is 3. The smallest absolute Gasteiger partial charge is 0.259 e. The van der Waals surface area contributed by atoms with Crippen molar-refractivity contribution in [2.45, 2.75) is 25.6 Å². The topological polar surface area (TPSA) is 116 Å². The average Bonchev–Trinajstić information content (AvgIpc) is 3.54. The van der Waals surface area contributed by atoms with E-state index in [1.54, 1.807) is 18.4 Å². The predicted octanol–water partition coefficient (Wildman–Crippen LogP) is 2.99. The fourth-order valence-corrected chi connectivity index (χ4v) is 4.69. The van der Waals surface area contributed by atoms with Crippen molar-refractivity contribution < 1.29 is 18.8 Å². The minimum Gasteiger partial charge on any atom is -0.467 e. The minimum atomic E-state index is -0.861. The summed E-state index contributed by atoms with van der Waals surface area (Å²) in [7, 11) is 0. The van der Waals surface area contributed by atoms with Crippen LogP contribution in [0.25, 0.3) is 0 Å². The van der Waals surface area contributed by atoms with Gasteiger partial charge < -0.3 is 15.1 Å². The van der Waals surface area contributed by atoms with E-state index in [1.165, 1.54) is 4.90 Å². The van der Waals surface area contributed by atoms with Crippen LogP contribution in [-0.4, -0.2) is 45.4 Å². The largest absolute Gasteiger partial charge is 0.467 e. The van der Waals surface area contributed by atoms with Crippen molar-refractivity contribution in [2.75, 3.05) is 5.75 Å². The Labute approximate surface area is 211 Å². The summed E-state index contributed by atoms with van der Waals surface area (Å²) in [5.74, 6) is 0.329. The maximum absolute atomic E-state index is 13.3. The molecular weight excluding hydrogens is 478 g/mol. The lowest BCUT2D eigenvalue weighted by Gasteiger charge is -2.25. The normalized spacial score (nSPS) is 16.1. The summed E-state index contributed by atoms with van der Waals surface area (Å²) in [4.78, 5) is 48.9. The predicted molar refractivity (Wildman–Crippen MR) is 137 cm³/mol. The first-order valence-corrected chi connectivity index (χ1v) is 12.4. The third-order valence-corrected chi connectivity index (χ3v) is 6.57. The van der Waals surface area contributed by atoms with Crippen LogP contribution in [-0.2, 0) is 27.5 Å². The van der Waals surface area contributed by atoms with Crippen molar-refractivity contribution in [1.82, 2.24) is 15.5 Å². The Morgan fingerprint density at radius 3 is 2.53 bits per heavy atom. The number of para-hydroxylation sites is 1. The van der Waals surface area contributed by atoms with Gasteiger partial charge in [0.15, 0.2) is 5.17 Å². The van der Waals surface area contributed by atoms with Gasteiger partial charge in [-0.05, 0) is 29.8 Å². The van der Waals surface area contributed by atoms with Crippen molar-refractivity contribution in [2.24, 2.45) is 9.98 Å². The van der Waals surface area contributed by atoms with Crippen LogP contribution in [0.3, 0.4) is 0 Å². The number of carbonyl (C=O) groups excluding carboxylic acids is 3. The molecule has 2 aliphatic rings. The zero-order valence-electron chi connectivity index (χ0n) is 19.2. The summed E-state index contributed by atoms with van der Waals surface area (Å²) in [6.07, 6.45) is 1.47. The first-order chi connectivity index (χ1) is 17.6. The Morgan fingerprint density at radius 2 is 1.72 bits per heavy atom. The monoisotopic (exact) mass is 501 g/mol. The number of aliphatic imine (C=N–C) groups is 2. The number of hydrogen-bond donors (Lipinski definition) is 2. The highest BCUT2D eigenvalue weighted by Crippen LogP contribution is 2.34. The van der Waals surface area contributed by atoms with Crippen molar-refractivity contribution in [3.8, 4) is 0 Å². The molecule has 0 fully saturated rings. The SMILES string of the molecule is O=C(CSC1=Nc2ccccc2C2=NC(CC(=O)NCc3ccccc3)C(=O)N12)NCc1ccco1. The van der Waals surface area contributed by atoms with Crippen molar-refractivity contribution >= 4 is 46.2 Å². The van der Waals surface area contributed by atoms with Gasteiger partial charge in [0.2, 0.25) is 11.8 Å². The summed E-state index contributed by atoms with van der Waals surface area (Å²) >= 11 is 1.15. The molecule has 3 heterocycles. The molecule has 1 aromatic heterocycles. The molecule has 2 aromatic carbocycles. The number of fused-ring (bicyclic) bond motifs is 3. The van der Waals surface area contributed by atoms with Crippen LogP contribution in [0.2, 0.25) is 0 Å². The molecule has 5 rings (SSSR count). The van der Waals surface area contributed by atoms with E-state index < -0.39 is 6.04 Å². The van der Waals surface area contributed by atoms with E-state index >= 15 is 0 Å². The number of amidine groups is 2. The van der Waals surface area contributed by atoms with Crippen LogP contribution in [0.5, 0.6) is 0 Å². The lowest BCUT2D eigenvalue weighted by atomic mass is 10.1. The number of thioether (sulfide) groups is 1. The number of nitrogens with zero attached hydrogens (tertiary/aromatic N) is 3. The van der Waals surface area contributed by atoms with Gasteiger partial charge in [0.1, 0.15) is 17.6 Å². The summed E-state index contributed by atoms with van der Waals surface area (Å²) in [6, 6.07) is 19.6. The molecule has 9 nitrogen and oxygen atoms in total.